The summed E-state index contributed by atoms with van der Waals surface area (Å²) in [6.07, 6.45) is 2.97. The summed E-state index contributed by atoms with van der Waals surface area (Å²) in [6, 6.07) is 0. The molecule has 0 heterocycles. The first kappa shape index (κ1) is 16.5. The molecule has 0 rings (SSSR count). The minimum absolute atomic E-state index is 0.310. The first-order chi connectivity index (χ1) is 8.45. The molecule has 0 bridgehead atoms. The Bertz CT molecular complexity index is 228. The smallest absolute Gasteiger partial charge is 0.409 e. The van der Waals surface area contributed by atoms with Gasteiger partial charge in [-0.15, -0.1) is 0 Å². The molecule has 0 radical (unpaired) electrons. The van der Waals surface area contributed by atoms with Gasteiger partial charge in [0.2, 0.25) is 0 Å². The van der Waals surface area contributed by atoms with E-state index in [1.54, 1.807) is 28.2 Å². The van der Waals surface area contributed by atoms with Crippen LogP contribution in [0.1, 0.15) is 25.7 Å². The van der Waals surface area contributed by atoms with Gasteiger partial charge in [0.15, 0.2) is 0 Å². The Balaban J connectivity index is 3.27. The molecule has 18 heavy (non-hydrogen) atoms. The summed E-state index contributed by atoms with van der Waals surface area (Å²) in [4.78, 5) is 24.9. The summed E-state index contributed by atoms with van der Waals surface area (Å²) in [7, 11) is 6.62. The van der Waals surface area contributed by atoms with Gasteiger partial charge in [-0.3, -0.25) is 0 Å². The van der Waals surface area contributed by atoms with Crippen LogP contribution in [0.25, 0.3) is 0 Å². The largest absolute Gasteiger partial charge is 0.449 e. The molecule has 0 aliphatic heterocycles. The topological polar surface area (TPSA) is 59.1 Å². The number of unbranched alkanes of at least 4 members (excludes halogenated alkanes) is 3. The van der Waals surface area contributed by atoms with E-state index in [0.717, 1.165) is 25.7 Å². The second-order valence-corrected chi connectivity index (χ2v) is 4.43. The van der Waals surface area contributed by atoms with Gasteiger partial charge < -0.3 is 19.3 Å². The standard InChI is InChI=1S/C12H24N2O4/c1-13(2)11(15)17-9-7-5-6-8-10-18-12(16)14(3)4/h5-10H2,1-4H3. The van der Waals surface area contributed by atoms with Crippen molar-refractivity contribution in [1.82, 2.24) is 9.80 Å². The number of hydrogen-bond acceptors (Lipinski definition) is 4. The molecular formula is C12H24N2O4. The Labute approximate surface area is 109 Å². The van der Waals surface area contributed by atoms with Crippen molar-refractivity contribution in [3.8, 4) is 0 Å². The molecule has 0 saturated heterocycles. The third-order valence-corrected chi connectivity index (χ3v) is 2.22. The lowest BCUT2D eigenvalue weighted by molar-refractivity contribution is 0.112. The van der Waals surface area contributed by atoms with E-state index in [4.69, 9.17) is 9.47 Å². The molecule has 0 N–H and O–H groups in total. The summed E-state index contributed by atoms with van der Waals surface area (Å²) in [6.45, 7) is 0.878. The highest BCUT2D eigenvalue weighted by molar-refractivity contribution is 5.66. The lowest BCUT2D eigenvalue weighted by Gasteiger charge is -2.11. The van der Waals surface area contributed by atoms with E-state index in [9.17, 15) is 9.59 Å². The van der Waals surface area contributed by atoms with Crippen LogP contribution in [0.5, 0.6) is 0 Å². The van der Waals surface area contributed by atoms with E-state index < -0.39 is 0 Å². The first-order valence-corrected chi connectivity index (χ1v) is 6.13. The summed E-state index contributed by atoms with van der Waals surface area (Å²) in [5, 5.41) is 0. The van der Waals surface area contributed by atoms with Crippen LogP contribution in [0.4, 0.5) is 9.59 Å². The maximum absolute atomic E-state index is 11.1. The van der Waals surface area contributed by atoms with Crippen LogP contribution in [0.3, 0.4) is 0 Å². The quantitative estimate of drug-likeness (QED) is 0.656. The van der Waals surface area contributed by atoms with Gasteiger partial charge in [-0.2, -0.15) is 0 Å². The van der Waals surface area contributed by atoms with Gasteiger partial charge >= 0.3 is 12.2 Å². The van der Waals surface area contributed by atoms with Gasteiger partial charge in [-0.1, -0.05) is 0 Å². The van der Waals surface area contributed by atoms with Gasteiger partial charge in [-0.05, 0) is 25.7 Å². The molecule has 0 aliphatic carbocycles. The van der Waals surface area contributed by atoms with Crippen molar-refractivity contribution in [1.29, 1.82) is 0 Å². The maximum atomic E-state index is 11.1. The van der Waals surface area contributed by atoms with Gasteiger partial charge in [0, 0.05) is 28.2 Å². The minimum atomic E-state index is -0.310. The molecule has 0 aromatic carbocycles. The third-order valence-electron chi connectivity index (χ3n) is 2.22. The van der Waals surface area contributed by atoms with Crippen molar-refractivity contribution >= 4 is 12.2 Å². The zero-order valence-electron chi connectivity index (χ0n) is 11.8. The minimum Gasteiger partial charge on any atom is -0.449 e. The number of amides is 2. The molecule has 0 unspecified atom stereocenters. The van der Waals surface area contributed by atoms with Crippen molar-refractivity contribution in [2.75, 3.05) is 41.4 Å². The SMILES string of the molecule is CN(C)C(=O)OCCCCCCOC(=O)N(C)C. The number of ether oxygens (including phenoxy) is 2. The molecule has 6 nitrogen and oxygen atoms in total. The third kappa shape index (κ3) is 8.66. The first-order valence-electron chi connectivity index (χ1n) is 6.13. The van der Waals surface area contributed by atoms with Crippen LogP contribution >= 0.6 is 0 Å². The molecule has 0 fully saturated rings. The molecule has 0 aliphatic rings. The number of carbonyl (C=O) groups excluding carboxylic acids is 2. The van der Waals surface area contributed by atoms with Crippen molar-refractivity contribution < 1.29 is 19.1 Å². The Morgan fingerprint density at radius 2 is 1.06 bits per heavy atom. The Morgan fingerprint density at radius 1 is 0.722 bits per heavy atom. The van der Waals surface area contributed by atoms with E-state index in [1.165, 1.54) is 9.80 Å². The summed E-state index contributed by atoms with van der Waals surface area (Å²) >= 11 is 0. The fraction of sp³-hybridized carbons (Fsp3) is 0.833. The van der Waals surface area contributed by atoms with Crippen molar-refractivity contribution in [3.63, 3.8) is 0 Å². The summed E-state index contributed by atoms with van der Waals surface area (Å²) < 4.78 is 9.95. The second-order valence-electron chi connectivity index (χ2n) is 4.43. The highest BCUT2D eigenvalue weighted by Crippen LogP contribution is 2.02. The lowest BCUT2D eigenvalue weighted by Crippen LogP contribution is -2.23. The van der Waals surface area contributed by atoms with Crippen molar-refractivity contribution in [3.05, 3.63) is 0 Å². The fourth-order valence-corrected chi connectivity index (χ4v) is 1.13. The molecule has 106 valence electrons. The molecule has 2 amide bonds. The number of rotatable bonds is 7. The van der Waals surface area contributed by atoms with E-state index in [1.807, 2.05) is 0 Å². The van der Waals surface area contributed by atoms with Crippen molar-refractivity contribution in [2.24, 2.45) is 0 Å². The van der Waals surface area contributed by atoms with Crippen LogP contribution in [0.15, 0.2) is 0 Å². The van der Waals surface area contributed by atoms with Gasteiger partial charge in [0.05, 0.1) is 13.2 Å². The Kier molecular flexibility index (Phi) is 8.78. The van der Waals surface area contributed by atoms with Crippen LogP contribution in [-0.4, -0.2) is 63.4 Å². The number of hydrogen-bond donors (Lipinski definition) is 0. The van der Waals surface area contributed by atoms with E-state index in [-0.39, 0.29) is 12.2 Å². The van der Waals surface area contributed by atoms with Crippen LogP contribution in [0.2, 0.25) is 0 Å². The fourth-order valence-electron chi connectivity index (χ4n) is 1.13. The van der Waals surface area contributed by atoms with Gasteiger partial charge in [0.1, 0.15) is 0 Å². The average molecular weight is 260 g/mol. The van der Waals surface area contributed by atoms with Gasteiger partial charge in [-0.25, -0.2) is 9.59 Å². The predicted octanol–water partition coefficient (Wildman–Crippen LogP) is 1.94. The Hall–Kier alpha value is -1.46. The molecule has 0 atom stereocenters. The van der Waals surface area contributed by atoms with E-state index >= 15 is 0 Å². The molecule has 6 heteroatoms. The maximum Gasteiger partial charge on any atom is 0.409 e. The molecule has 0 aromatic heterocycles. The average Bonchev–Trinajstić information content (AvgIpc) is 2.31. The summed E-state index contributed by atoms with van der Waals surface area (Å²) in [5.41, 5.74) is 0. The molecule has 0 aromatic rings. The van der Waals surface area contributed by atoms with E-state index in [0.29, 0.717) is 13.2 Å². The highest BCUT2D eigenvalue weighted by atomic mass is 16.6. The normalized spacial score (nSPS) is 9.78. The molecule has 0 saturated carbocycles. The highest BCUT2D eigenvalue weighted by Gasteiger charge is 2.04. The van der Waals surface area contributed by atoms with Crippen LogP contribution < -0.4 is 0 Å². The second kappa shape index (κ2) is 9.56. The number of nitrogens with zero attached hydrogens (tertiary/aromatic N) is 2. The number of carbonyl (C=O) groups is 2. The monoisotopic (exact) mass is 260 g/mol. The molecule has 0 spiro atoms. The van der Waals surface area contributed by atoms with Gasteiger partial charge in [0.25, 0.3) is 0 Å². The van der Waals surface area contributed by atoms with E-state index in [2.05, 4.69) is 0 Å². The van der Waals surface area contributed by atoms with Crippen molar-refractivity contribution in [2.45, 2.75) is 25.7 Å². The lowest BCUT2D eigenvalue weighted by atomic mass is 10.2. The predicted molar refractivity (Wildman–Crippen MR) is 68.5 cm³/mol. The molecular weight excluding hydrogens is 236 g/mol. The van der Waals surface area contributed by atoms with Crippen LogP contribution in [0, 0.1) is 0 Å². The zero-order valence-corrected chi connectivity index (χ0v) is 11.8. The Morgan fingerprint density at radius 3 is 1.33 bits per heavy atom. The zero-order chi connectivity index (χ0) is 14.0. The summed E-state index contributed by atoms with van der Waals surface area (Å²) in [5.74, 6) is 0. The van der Waals surface area contributed by atoms with Crippen LogP contribution in [-0.2, 0) is 9.47 Å².